The maximum absolute atomic E-state index is 12.8. The Bertz CT molecular complexity index is 788. The Morgan fingerprint density at radius 1 is 0.846 bits per heavy atom. The van der Waals surface area contributed by atoms with Gasteiger partial charge in [-0.05, 0) is 55.9 Å². The molecule has 0 amide bonds. The molecule has 0 bridgehead atoms. The summed E-state index contributed by atoms with van der Waals surface area (Å²) in [5.41, 5.74) is 0. The maximum Gasteiger partial charge on any atom is 0.243 e. The minimum atomic E-state index is -3.55. The molecule has 2 saturated heterocycles. The van der Waals surface area contributed by atoms with Gasteiger partial charge in [0.25, 0.3) is 0 Å². The quantitative estimate of drug-likeness (QED) is 0.757. The first-order chi connectivity index (χ1) is 12.4. The summed E-state index contributed by atoms with van der Waals surface area (Å²) in [5, 5.41) is 0. The lowest BCUT2D eigenvalue weighted by Gasteiger charge is -2.22. The highest BCUT2D eigenvalue weighted by Gasteiger charge is 2.27. The van der Waals surface area contributed by atoms with Gasteiger partial charge in [-0.25, -0.2) is 16.8 Å². The van der Waals surface area contributed by atoms with Gasteiger partial charge in [-0.1, -0.05) is 12.8 Å². The molecule has 2 aliphatic rings. The molecule has 3 rings (SSSR count). The molecule has 1 aromatic carbocycles. The van der Waals surface area contributed by atoms with Crippen LogP contribution in [0, 0.1) is 5.92 Å². The maximum atomic E-state index is 12.8. The predicted molar refractivity (Wildman–Crippen MR) is 99.3 cm³/mol. The van der Waals surface area contributed by atoms with Gasteiger partial charge in [0.15, 0.2) is 9.84 Å². The molecule has 0 atom stereocenters. The number of sulfone groups is 1. The molecular formula is C18H27NO5S2. The van der Waals surface area contributed by atoms with E-state index in [2.05, 4.69) is 0 Å². The molecule has 0 N–H and O–H groups in total. The second-order valence-electron chi connectivity index (χ2n) is 7.13. The van der Waals surface area contributed by atoms with E-state index in [0.29, 0.717) is 26.3 Å². The molecule has 8 heteroatoms. The van der Waals surface area contributed by atoms with Gasteiger partial charge in [0.1, 0.15) is 0 Å². The number of hydrogen-bond donors (Lipinski definition) is 0. The molecule has 0 aliphatic carbocycles. The minimum absolute atomic E-state index is 0.0918. The largest absolute Gasteiger partial charge is 0.381 e. The van der Waals surface area contributed by atoms with Crippen molar-refractivity contribution in [2.75, 3.05) is 32.1 Å². The van der Waals surface area contributed by atoms with Crippen molar-refractivity contribution in [2.45, 2.75) is 48.3 Å². The van der Waals surface area contributed by atoms with Crippen molar-refractivity contribution < 1.29 is 21.6 Å². The van der Waals surface area contributed by atoms with Crippen LogP contribution >= 0.6 is 0 Å². The molecule has 2 aliphatic heterocycles. The second-order valence-corrected chi connectivity index (χ2v) is 11.1. The van der Waals surface area contributed by atoms with Crippen LogP contribution in [0.1, 0.15) is 38.5 Å². The van der Waals surface area contributed by atoms with Gasteiger partial charge in [0.2, 0.25) is 10.0 Å². The zero-order chi connectivity index (χ0) is 18.6. The molecule has 0 spiro atoms. The predicted octanol–water partition coefficient (Wildman–Crippen LogP) is 2.45. The molecule has 2 fully saturated rings. The molecule has 6 nitrogen and oxygen atoms in total. The molecule has 1 aromatic rings. The zero-order valence-electron chi connectivity index (χ0n) is 15.0. The number of hydrogen-bond acceptors (Lipinski definition) is 5. The van der Waals surface area contributed by atoms with E-state index in [1.807, 2.05) is 0 Å². The Hall–Kier alpha value is -0.960. The lowest BCUT2D eigenvalue weighted by Crippen LogP contribution is -2.31. The summed E-state index contributed by atoms with van der Waals surface area (Å²) in [4.78, 5) is 0.364. The van der Waals surface area contributed by atoms with Crippen molar-refractivity contribution in [3.8, 4) is 0 Å². The van der Waals surface area contributed by atoms with E-state index in [9.17, 15) is 16.8 Å². The monoisotopic (exact) mass is 401 g/mol. The first-order valence-electron chi connectivity index (χ1n) is 9.30. The van der Waals surface area contributed by atoms with E-state index in [1.165, 1.54) is 28.6 Å². The summed E-state index contributed by atoms with van der Waals surface area (Å²) in [6.45, 7) is 2.28. The third-order valence-corrected chi connectivity index (χ3v) is 9.00. The number of ether oxygens (including phenoxy) is 1. The Kier molecular flexibility index (Phi) is 6.37. The number of rotatable bonds is 5. The van der Waals surface area contributed by atoms with Crippen LogP contribution in [0.25, 0.3) is 0 Å². The average Bonchev–Trinajstić information content (AvgIpc) is 2.92. The van der Waals surface area contributed by atoms with Crippen LogP contribution in [0.4, 0.5) is 0 Å². The van der Waals surface area contributed by atoms with Crippen molar-refractivity contribution in [1.29, 1.82) is 0 Å². The van der Waals surface area contributed by atoms with Gasteiger partial charge in [-0.3, -0.25) is 0 Å². The summed E-state index contributed by atoms with van der Waals surface area (Å²) in [5.74, 6) is 0.198. The molecule has 26 heavy (non-hydrogen) atoms. The lowest BCUT2D eigenvalue weighted by atomic mass is 10.0. The SMILES string of the molecule is O=S(=O)(CC1CCOCC1)c1ccc(S(=O)(=O)N2CCCCCC2)cc1. The topological polar surface area (TPSA) is 80.8 Å². The molecule has 0 radical (unpaired) electrons. The Labute approximate surface area is 156 Å². The molecule has 0 saturated carbocycles. The normalized spacial score (nSPS) is 21.4. The average molecular weight is 402 g/mol. The Morgan fingerprint density at radius 2 is 1.38 bits per heavy atom. The molecule has 2 heterocycles. The van der Waals surface area contributed by atoms with E-state index < -0.39 is 19.9 Å². The van der Waals surface area contributed by atoms with E-state index in [1.54, 1.807) is 0 Å². The van der Waals surface area contributed by atoms with Crippen LogP contribution in [-0.4, -0.2) is 53.2 Å². The fraction of sp³-hybridized carbons (Fsp3) is 0.667. The van der Waals surface area contributed by atoms with Crippen molar-refractivity contribution >= 4 is 19.9 Å². The first-order valence-corrected chi connectivity index (χ1v) is 12.4. The molecular weight excluding hydrogens is 374 g/mol. The van der Waals surface area contributed by atoms with Crippen LogP contribution < -0.4 is 0 Å². The van der Waals surface area contributed by atoms with Gasteiger partial charge in [0.05, 0.1) is 15.5 Å². The number of sulfonamides is 1. The van der Waals surface area contributed by atoms with Crippen LogP contribution in [-0.2, 0) is 24.6 Å². The van der Waals surface area contributed by atoms with Crippen LogP contribution in [0.2, 0.25) is 0 Å². The second kappa shape index (κ2) is 8.37. The molecule has 0 aromatic heterocycles. The lowest BCUT2D eigenvalue weighted by molar-refractivity contribution is 0.0723. The fourth-order valence-corrected chi connectivity index (χ4v) is 6.78. The number of nitrogens with zero attached hydrogens (tertiary/aromatic N) is 1. The van der Waals surface area contributed by atoms with Gasteiger partial charge in [-0.15, -0.1) is 0 Å². The van der Waals surface area contributed by atoms with Gasteiger partial charge < -0.3 is 4.74 Å². The minimum Gasteiger partial charge on any atom is -0.381 e. The highest BCUT2D eigenvalue weighted by Crippen LogP contribution is 2.24. The smallest absolute Gasteiger partial charge is 0.243 e. The van der Waals surface area contributed by atoms with Crippen LogP contribution in [0.5, 0.6) is 0 Å². The van der Waals surface area contributed by atoms with Gasteiger partial charge in [0, 0.05) is 26.3 Å². The van der Waals surface area contributed by atoms with Crippen molar-refractivity contribution in [2.24, 2.45) is 5.92 Å². The van der Waals surface area contributed by atoms with E-state index in [0.717, 1.165) is 38.5 Å². The summed E-state index contributed by atoms with van der Waals surface area (Å²) in [6, 6.07) is 5.72. The van der Waals surface area contributed by atoms with E-state index >= 15 is 0 Å². The van der Waals surface area contributed by atoms with E-state index in [-0.39, 0.29) is 21.5 Å². The zero-order valence-corrected chi connectivity index (χ0v) is 16.6. The first kappa shape index (κ1) is 19.8. The van der Waals surface area contributed by atoms with Crippen molar-refractivity contribution in [1.82, 2.24) is 4.31 Å². The summed E-state index contributed by atoms with van der Waals surface area (Å²) in [7, 11) is -6.97. The summed E-state index contributed by atoms with van der Waals surface area (Å²) >= 11 is 0. The third kappa shape index (κ3) is 4.65. The number of benzene rings is 1. The van der Waals surface area contributed by atoms with Crippen LogP contribution in [0.3, 0.4) is 0 Å². The van der Waals surface area contributed by atoms with Gasteiger partial charge in [-0.2, -0.15) is 4.31 Å². The van der Waals surface area contributed by atoms with Gasteiger partial charge >= 0.3 is 0 Å². The van der Waals surface area contributed by atoms with Crippen LogP contribution in [0.15, 0.2) is 34.1 Å². The molecule has 146 valence electrons. The fourth-order valence-electron chi connectivity index (χ4n) is 3.57. The highest BCUT2D eigenvalue weighted by atomic mass is 32.2. The summed E-state index contributed by atoms with van der Waals surface area (Å²) in [6.07, 6.45) is 5.35. The Balaban J connectivity index is 1.74. The Morgan fingerprint density at radius 3 is 1.96 bits per heavy atom. The third-order valence-electron chi connectivity index (χ3n) is 5.18. The standard InChI is InChI=1S/C18H27NO5S2/c20-25(21,15-16-9-13-24-14-10-16)17-5-7-18(8-6-17)26(22,23)19-11-3-1-2-4-12-19/h5-8,16H,1-4,9-15H2. The van der Waals surface area contributed by atoms with Crippen molar-refractivity contribution in [3.63, 3.8) is 0 Å². The highest BCUT2D eigenvalue weighted by molar-refractivity contribution is 7.91. The van der Waals surface area contributed by atoms with Crippen molar-refractivity contribution in [3.05, 3.63) is 24.3 Å². The molecule has 0 unspecified atom stereocenters. The van der Waals surface area contributed by atoms with E-state index in [4.69, 9.17) is 4.74 Å². The summed E-state index contributed by atoms with van der Waals surface area (Å²) < 4.78 is 57.6.